The van der Waals surface area contributed by atoms with Crippen molar-refractivity contribution in [3.8, 4) is 0 Å². The third kappa shape index (κ3) is 3.95. The molecule has 1 heterocycles. The van der Waals surface area contributed by atoms with Crippen LogP contribution in [0.3, 0.4) is 0 Å². The Balaban J connectivity index is 1.58. The summed E-state index contributed by atoms with van der Waals surface area (Å²) in [4.78, 5) is 0. The summed E-state index contributed by atoms with van der Waals surface area (Å²) in [5.41, 5.74) is 1.26. The quantitative estimate of drug-likeness (QED) is 0.769. The summed E-state index contributed by atoms with van der Waals surface area (Å²) in [5, 5.41) is 3.54. The van der Waals surface area contributed by atoms with Gasteiger partial charge in [0.1, 0.15) is 0 Å². The summed E-state index contributed by atoms with van der Waals surface area (Å²) in [5.74, 6) is 0. The fourth-order valence-electron chi connectivity index (χ4n) is 2.16. The van der Waals surface area contributed by atoms with Crippen LogP contribution in [-0.2, 0) is 11.3 Å². The van der Waals surface area contributed by atoms with E-state index < -0.39 is 0 Å². The van der Waals surface area contributed by atoms with Crippen LogP contribution < -0.4 is 5.32 Å². The first kappa shape index (κ1) is 11.6. The van der Waals surface area contributed by atoms with Crippen LogP contribution >= 0.6 is 0 Å². The van der Waals surface area contributed by atoms with Crippen LogP contribution in [0.1, 0.15) is 31.2 Å². The average molecular weight is 219 g/mol. The van der Waals surface area contributed by atoms with Gasteiger partial charge in [-0.1, -0.05) is 36.8 Å². The number of nitrogens with one attached hydrogen (secondary N) is 1. The number of benzene rings is 1. The Kier molecular flexibility index (Phi) is 4.84. The molecule has 2 rings (SSSR count). The molecule has 16 heavy (non-hydrogen) atoms. The van der Waals surface area contributed by atoms with Gasteiger partial charge in [-0.3, -0.25) is 0 Å². The zero-order valence-electron chi connectivity index (χ0n) is 9.82. The summed E-state index contributed by atoms with van der Waals surface area (Å²) in [6, 6.07) is 11.1. The maximum Gasteiger partial charge on any atom is 0.0716 e. The van der Waals surface area contributed by atoms with Crippen LogP contribution in [0.4, 0.5) is 0 Å². The Morgan fingerprint density at radius 3 is 2.81 bits per heavy atom. The summed E-state index contributed by atoms with van der Waals surface area (Å²) in [7, 11) is 0. The summed E-state index contributed by atoms with van der Waals surface area (Å²) >= 11 is 0. The van der Waals surface area contributed by atoms with Crippen molar-refractivity contribution in [2.24, 2.45) is 0 Å². The molecular weight excluding hydrogens is 198 g/mol. The van der Waals surface area contributed by atoms with Crippen molar-refractivity contribution < 1.29 is 4.74 Å². The maximum atomic E-state index is 5.68. The Morgan fingerprint density at radius 2 is 2.06 bits per heavy atom. The van der Waals surface area contributed by atoms with Gasteiger partial charge < -0.3 is 10.1 Å². The predicted octanol–water partition coefficient (Wildman–Crippen LogP) is 2.74. The van der Waals surface area contributed by atoms with Gasteiger partial charge >= 0.3 is 0 Å². The van der Waals surface area contributed by atoms with Gasteiger partial charge in [-0.15, -0.1) is 0 Å². The Bertz CT molecular complexity index is 280. The van der Waals surface area contributed by atoms with Crippen molar-refractivity contribution >= 4 is 0 Å². The van der Waals surface area contributed by atoms with Gasteiger partial charge in [0.25, 0.3) is 0 Å². The Labute approximate surface area is 98.0 Å². The van der Waals surface area contributed by atoms with Crippen molar-refractivity contribution in [1.29, 1.82) is 0 Å². The first-order valence-electron chi connectivity index (χ1n) is 6.30. The van der Waals surface area contributed by atoms with Gasteiger partial charge in [-0.05, 0) is 31.4 Å². The molecule has 0 aromatic heterocycles. The largest absolute Gasteiger partial charge is 0.377 e. The van der Waals surface area contributed by atoms with E-state index in [1.807, 2.05) is 6.07 Å². The normalized spacial score (nSPS) is 20.9. The second-order valence-electron chi connectivity index (χ2n) is 4.47. The lowest BCUT2D eigenvalue weighted by Gasteiger charge is -2.23. The Hall–Kier alpha value is -0.860. The van der Waals surface area contributed by atoms with Gasteiger partial charge in [0.15, 0.2) is 0 Å². The minimum atomic E-state index is 0.685. The van der Waals surface area contributed by atoms with Crippen molar-refractivity contribution in [3.63, 3.8) is 0 Å². The molecule has 2 nitrogen and oxygen atoms in total. The first-order valence-corrected chi connectivity index (χ1v) is 6.30. The van der Waals surface area contributed by atoms with E-state index in [1.165, 1.54) is 31.4 Å². The SMILES string of the molecule is c1ccc(COCC[C@H]2CCCCN2)cc1. The number of rotatable bonds is 5. The molecule has 1 aliphatic heterocycles. The standard InChI is InChI=1S/C14H21NO/c1-2-6-13(7-3-1)12-16-11-9-14-8-4-5-10-15-14/h1-3,6-7,14-15H,4-5,8-12H2/t14-/m1/s1. The van der Waals surface area contributed by atoms with Crippen molar-refractivity contribution in [1.82, 2.24) is 5.32 Å². The smallest absolute Gasteiger partial charge is 0.0716 e. The first-order chi connectivity index (χ1) is 7.95. The topological polar surface area (TPSA) is 21.3 Å². The second kappa shape index (κ2) is 6.66. The molecule has 0 radical (unpaired) electrons. The van der Waals surface area contributed by atoms with E-state index in [0.717, 1.165) is 19.6 Å². The van der Waals surface area contributed by atoms with Gasteiger partial charge in [0.2, 0.25) is 0 Å². The average Bonchev–Trinajstić information content (AvgIpc) is 2.37. The molecule has 2 heteroatoms. The van der Waals surface area contributed by atoms with Crippen molar-refractivity contribution in [3.05, 3.63) is 35.9 Å². The van der Waals surface area contributed by atoms with Gasteiger partial charge in [0.05, 0.1) is 6.61 Å². The molecule has 0 saturated carbocycles. The maximum absolute atomic E-state index is 5.68. The molecule has 1 fully saturated rings. The van der Waals surface area contributed by atoms with Gasteiger partial charge in [0, 0.05) is 12.6 Å². The van der Waals surface area contributed by atoms with E-state index in [2.05, 4.69) is 29.6 Å². The molecule has 1 aliphatic rings. The molecule has 0 aliphatic carbocycles. The molecule has 1 saturated heterocycles. The van der Waals surface area contributed by atoms with Gasteiger partial charge in [-0.25, -0.2) is 0 Å². The Morgan fingerprint density at radius 1 is 1.19 bits per heavy atom. The molecule has 0 spiro atoms. The lowest BCUT2D eigenvalue weighted by molar-refractivity contribution is 0.108. The molecule has 1 N–H and O–H groups in total. The third-order valence-electron chi connectivity index (χ3n) is 3.13. The lowest BCUT2D eigenvalue weighted by atomic mass is 10.0. The fraction of sp³-hybridized carbons (Fsp3) is 0.571. The van der Waals surface area contributed by atoms with E-state index in [1.54, 1.807) is 0 Å². The molecule has 88 valence electrons. The molecule has 1 aromatic rings. The zero-order valence-corrected chi connectivity index (χ0v) is 9.82. The van der Waals surface area contributed by atoms with Crippen LogP contribution in [0.5, 0.6) is 0 Å². The highest BCUT2D eigenvalue weighted by molar-refractivity contribution is 5.13. The van der Waals surface area contributed by atoms with E-state index >= 15 is 0 Å². The van der Waals surface area contributed by atoms with E-state index in [4.69, 9.17) is 4.74 Å². The third-order valence-corrected chi connectivity index (χ3v) is 3.13. The highest BCUT2D eigenvalue weighted by atomic mass is 16.5. The van der Waals surface area contributed by atoms with Gasteiger partial charge in [-0.2, -0.15) is 0 Å². The monoisotopic (exact) mass is 219 g/mol. The molecule has 0 amide bonds. The lowest BCUT2D eigenvalue weighted by Crippen LogP contribution is -2.34. The fourth-order valence-corrected chi connectivity index (χ4v) is 2.16. The second-order valence-corrected chi connectivity index (χ2v) is 4.47. The molecular formula is C14H21NO. The molecule has 0 bridgehead atoms. The van der Waals surface area contributed by atoms with Crippen LogP contribution in [0.2, 0.25) is 0 Å². The van der Waals surface area contributed by atoms with E-state index in [0.29, 0.717) is 6.04 Å². The highest BCUT2D eigenvalue weighted by Crippen LogP contribution is 2.10. The highest BCUT2D eigenvalue weighted by Gasteiger charge is 2.11. The van der Waals surface area contributed by atoms with Crippen LogP contribution in [0, 0.1) is 0 Å². The predicted molar refractivity (Wildman–Crippen MR) is 66.4 cm³/mol. The number of hydrogen-bond acceptors (Lipinski definition) is 2. The van der Waals surface area contributed by atoms with E-state index in [9.17, 15) is 0 Å². The molecule has 1 aromatic carbocycles. The number of ether oxygens (including phenoxy) is 1. The van der Waals surface area contributed by atoms with Crippen LogP contribution in [-0.4, -0.2) is 19.2 Å². The zero-order chi connectivity index (χ0) is 11.1. The minimum Gasteiger partial charge on any atom is -0.377 e. The van der Waals surface area contributed by atoms with Crippen molar-refractivity contribution in [2.45, 2.75) is 38.3 Å². The number of hydrogen-bond donors (Lipinski definition) is 1. The minimum absolute atomic E-state index is 0.685. The number of piperidine rings is 1. The summed E-state index contributed by atoms with van der Waals surface area (Å²) in [6.45, 7) is 2.80. The van der Waals surface area contributed by atoms with Crippen LogP contribution in [0.25, 0.3) is 0 Å². The molecule has 1 atom stereocenters. The molecule has 0 unspecified atom stereocenters. The van der Waals surface area contributed by atoms with Crippen molar-refractivity contribution in [2.75, 3.05) is 13.2 Å². The van der Waals surface area contributed by atoms with Crippen LogP contribution in [0.15, 0.2) is 30.3 Å². The summed E-state index contributed by atoms with van der Waals surface area (Å²) < 4.78 is 5.68. The summed E-state index contributed by atoms with van der Waals surface area (Å²) in [6.07, 6.45) is 5.17. The van der Waals surface area contributed by atoms with E-state index in [-0.39, 0.29) is 0 Å².